The van der Waals surface area contributed by atoms with Crippen molar-refractivity contribution < 1.29 is 9.47 Å². The molecule has 5 aromatic carbocycles. The van der Waals surface area contributed by atoms with Crippen LogP contribution in [0.4, 0.5) is 17.1 Å². The van der Waals surface area contributed by atoms with Gasteiger partial charge in [-0.25, -0.2) is 0 Å². The molecule has 0 atom stereocenters. The molecule has 5 aromatic rings. The Labute approximate surface area is 271 Å². The second-order valence-electron chi connectivity index (χ2n) is 10.6. The Balaban J connectivity index is 1.16. The van der Waals surface area contributed by atoms with Crippen molar-refractivity contribution in [3.05, 3.63) is 198 Å². The lowest BCUT2D eigenvalue weighted by Gasteiger charge is -2.26. The van der Waals surface area contributed by atoms with E-state index in [-0.39, 0.29) is 6.79 Å². The van der Waals surface area contributed by atoms with Crippen LogP contribution in [0.2, 0.25) is 0 Å². The predicted molar refractivity (Wildman–Crippen MR) is 195 cm³/mol. The first kappa shape index (κ1) is 30.0. The first-order chi connectivity index (χ1) is 22.8. The van der Waals surface area contributed by atoms with Gasteiger partial charge in [0.05, 0.1) is 5.69 Å². The molecule has 0 saturated carbocycles. The second kappa shape index (κ2) is 15.6. The highest BCUT2D eigenvalue weighted by atomic mass is 16.7. The van der Waals surface area contributed by atoms with Crippen molar-refractivity contribution in [3.63, 3.8) is 0 Å². The van der Waals surface area contributed by atoms with Crippen molar-refractivity contribution in [1.29, 1.82) is 0 Å². The quantitative estimate of drug-likeness (QED) is 0.141. The Kier molecular flexibility index (Phi) is 10.2. The van der Waals surface area contributed by atoms with Crippen LogP contribution in [-0.4, -0.2) is 6.79 Å². The van der Waals surface area contributed by atoms with Crippen molar-refractivity contribution in [1.82, 2.24) is 0 Å². The molecular formula is C43H35NO2. The van der Waals surface area contributed by atoms with Gasteiger partial charge < -0.3 is 14.4 Å². The number of benzene rings is 5. The van der Waals surface area contributed by atoms with Crippen LogP contribution < -0.4 is 14.4 Å². The fourth-order valence-corrected chi connectivity index (χ4v) is 4.99. The maximum Gasteiger partial charge on any atom is 0.231 e. The third-order valence-corrected chi connectivity index (χ3v) is 7.34. The minimum Gasteiger partial charge on any atom is -0.454 e. The van der Waals surface area contributed by atoms with Gasteiger partial charge in [-0.1, -0.05) is 158 Å². The number of hydrogen-bond acceptors (Lipinski definition) is 3. The van der Waals surface area contributed by atoms with Gasteiger partial charge in [0.1, 0.15) is 0 Å². The van der Waals surface area contributed by atoms with E-state index in [0.29, 0.717) is 0 Å². The molecule has 1 aliphatic heterocycles. The Morgan fingerprint density at radius 2 is 0.761 bits per heavy atom. The van der Waals surface area contributed by atoms with Gasteiger partial charge in [-0.2, -0.15) is 0 Å². The van der Waals surface area contributed by atoms with Crippen molar-refractivity contribution in [2.75, 3.05) is 11.7 Å². The molecule has 0 aromatic heterocycles. The van der Waals surface area contributed by atoms with Gasteiger partial charge in [0.2, 0.25) is 6.79 Å². The monoisotopic (exact) mass is 597 g/mol. The van der Waals surface area contributed by atoms with E-state index in [2.05, 4.69) is 120 Å². The number of rotatable bonds is 11. The van der Waals surface area contributed by atoms with Gasteiger partial charge >= 0.3 is 0 Å². The van der Waals surface area contributed by atoms with Crippen molar-refractivity contribution in [2.45, 2.75) is 0 Å². The standard InChI is InChI=1S/C43H35NO2/c1(7-15-35-17-11-5-12-18-35)3-9-21-37-23-27-39(28-24-37)44(41-31-32-42-43(33-41)46-34-45-42)40-29-25-38(26-30-40)22-10-4-2-8-16-36-19-13-6-14-20-36/h1-33H,34H2/b3-1+,4-2+,15-7+,16-8+,21-9+,22-10+. The molecule has 1 heterocycles. The molecule has 46 heavy (non-hydrogen) atoms. The highest BCUT2D eigenvalue weighted by Crippen LogP contribution is 2.41. The normalized spacial score (nSPS) is 13.0. The van der Waals surface area contributed by atoms with Gasteiger partial charge in [0, 0.05) is 17.4 Å². The summed E-state index contributed by atoms with van der Waals surface area (Å²) in [5.41, 5.74) is 7.71. The lowest BCUT2D eigenvalue weighted by molar-refractivity contribution is 0.174. The van der Waals surface area contributed by atoms with Crippen molar-refractivity contribution >= 4 is 41.4 Å². The number of fused-ring (bicyclic) bond motifs is 1. The van der Waals surface area contributed by atoms with Gasteiger partial charge in [-0.3, -0.25) is 0 Å². The van der Waals surface area contributed by atoms with Gasteiger partial charge in [-0.05, 0) is 58.7 Å². The second-order valence-corrected chi connectivity index (χ2v) is 10.6. The smallest absolute Gasteiger partial charge is 0.231 e. The van der Waals surface area contributed by atoms with Crippen LogP contribution in [0.5, 0.6) is 11.5 Å². The Morgan fingerprint density at radius 1 is 0.370 bits per heavy atom. The van der Waals surface area contributed by atoms with Gasteiger partial charge in [0.25, 0.3) is 0 Å². The van der Waals surface area contributed by atoms with Gasteiger partial charge in [0.15, 0.2) is 11.5 Å². The molecule has 0 bridgehead atoms. The number of nitrogens with zero attached hydrogens (tertiary/aromatic N) is 1. The summed E-state index contributed by atoms with van der Waals surface area (Å²) in [6, 6.07) is 43.8. The molecule has 0 saturated heterocycles. The molecule has 0 spiro atoms. The Morgan fingerprint density at radius 3 is 1.22 bits per heavy atom. The molecule has 3 heteroatoms. The van der Waals surface area contributed by atoms with E-state index in [4.69, 9.17) is 9.47 Å². The van der Waals surface area contributed by atoms with Crippen LogP contribution >= 0.6 is 0 Å². The maximum absolute atomic E-state index is 5.70. The topological polar surface area (TPSA) is 21.7 Å². The number of anilines is 3. The van der Waals surface area contributed by atoms with E-state index in [1.54, 1.807) is 0 Å². The zero-order valence-electron chi connectivity index (χ0n) is 25.5. The van der Waals surface area contributed by atoms with Crippen molar-refractivity contribution in [2.24, 2.45) is 0 Å². The molecule has 3 nitrogen and oxygen atoms in total. The van der Waals surface area contributed by atoms with E-state index in [9.17, 15) is 0 Å². The largest absolute Gasteiger partial charge is 0.454 e. The predicted octanol–water partition coefficient (Wildman–Crippen LogP) is 11.5. The lowest BCUT2D eigenvalue weighted by atomic mass is 10.1. The Hall–Kier alpha value is -6.06. The fraction of sp³-hybridized carbons (Fsp3) is 0.0233. The summed E-state index contributed by atoms with van der Waals surface area (Å²) in [5.74, 6) is 1.52. The highest BCUT2D eigenvalue weighted by molar-refractivity contribution is 5.79. The average molecular weight is 598 g/mol. The molecular weight excluding hydrogens is 562 g/mol. The maximum atomic E-state index is 5.70. The average Bonchev–Trinajstić information content (AvgIpc) is 3.58. The van der Waals surface area contributed by atoms with E-state index in [1.807, 2.05) is 85.0 Å². The molecule has 0 N–H and O–H groups in total. The summed E-state index contributed by atoms with van der Waals surface area (Å²) in [5, 5.41) is 0. The van der Waals surface area contributed by atoms with Crippen LogP contribution in [0.3, 0.4) is 0 Å². The first-order valence-electron chi connectivity index (χ1n) is 15.3. The minimum atomic E-state index is 0.244. The zero-order valence-corrected chi connectivity index (χ0v) is 25.5. The minimum absolute atomic E-state index is 0.244. The number of hydrogen-bond donors (Lipinski definition) is 0. The number of allylic oxidation sites excluding steroid dienone is 8. The summed E-state index contributed by atoms with van der Waals surface area (Å²) in [4.78, 5) is 2.23. The van der Waals surface area contributed by atoms with E-state index >= 15 is 0 Å². The highest BCUT2D eigenvalue weighted by Gasteiger charge is 2.18. The molecule has 6 rings (SSSR count). The Bertz CT molecular complexity index is 1770. The molecule has 1 aliphatic rings. The van der Waals surface area contributed by atoms with Crippen LogP contribution in [0.15, 0.2) is 176 Å². The van der Waals surface area contributed by atoms with Crippen molar-refractivity contribution in [3.8, 4) is 11.5 Å². The first-order valence-corrected chi connectivity index (χ1v) is 15.3. The zero-order chi connectivity index (χ0) is 31.2. The summed E-state index contributed by atoms with van der Waals surface area (Å²) in [6.45, 7) is 0.244. The molecule has 0 unspecified atom stereocenters. The van der Waals surface area contributed by atoms with Gasteiger partial charge in [-0.15, -0.1) is 0 Å². The van der Waals surface area contributed by atoms with Crippen LogP contribution in [0.1, 0.15) is 22.3 Å². The third-order valence-electron chi connectivity index (χ3n) is 7.34. The van der Waals surface area contributed by atoms with E-state index < -0.39 is 0 Å². The summed E-state index contributed by atoms with van der Waals surface area (Å²) >= 11 is 0. The number of ether oxygens (including phenoxy) is 2. The summed E-state index contributed by atoms with van der Waals surface area (Å²) in [7, 11) is 0. The third kappa shape index (κ3) is 8.31. The SMILES string of the molecule is C(=C\C=C\c1ccc(N(c2ccc(/C=C/C=C/C=C/c3ccccc3)cc2)c2ccc3c(c2)OCO3)cc1)/C=C/c1ccccc1. The molecule has 0 aliphatic carbocycles. The lowest BCUT2D eigenvalue weighted by Crippen LogP contribution is -2.09. The fourth-order valence-electron chi connectivity index (χ4n) is 4.99. The van der Waals surface area contributed by atoms with Crippen LogP contribution in [0, 0.1) is 0 Å². The van der Waals surface area contributed by atoms with E-state index in [0.717, 1.165) is 39.7 Å². The van der Waals surface area contributed by atoms with Crippen LogP contribution in [-0.2, 0) is 0 Å². The molecule has 224 valence electrons. The summed E-state index contributed by atoms with van der Waals surface area (Å²) < 4.78 is 11.3. The summed E-state index contributed by atoms with van der Waals surface area (Å²) in [6.07, 6.45) is 24.8. The molecule has 0 fully saturated rings. The van der Waals surface area contributed by atoms with E-state index in [1.165, 1.54) is 11.1 Å². The molecule has 0 radical (unpaired) electrons. The van der Waals surface area contributed by atoms with Crippen LogP contribution in [0.25, 0.3) is 24.3 Å². The molecule has 0 amide bonds.